The molecule has 2 aliphatic rings. The SMILES string of the molecule is CCN(Cc1sccc1Br)C1CC2CCC(C1)N2. The molecule has 2 bridgehead atoms. The van der Waals surface area contributed by atoms with Gasteiger partial charge in [-0.15, -0.1) is 11.3 Å². The van der Waals surface area contributed by atoms with Crippen molar-refractivity contribution in [1.29, 1.82) is 0 Å². The number of nitrogens with one attached hydrogen (secondary N) is 1. The number of hydrogen-bond donors (Lipinski definition) is 1. The zero-order valence-corrected chi connectivity index (χ0v) is 13.3. The van der Waals surface area contributed by atoms with E-state index in [1.165, 1.54) is 35.0 Å². The Labute approximate surface area is 122 Å². The fourth-order valence-electron chi connectivity index (χ4n) is 3.45. The van der Waals surface area contributed by atoms with E-state index in [1.54, 1.807) is 0 Å². The maximum atomic E-state index is 3.74. The fourth-order valence-corrected chi connectivity index (χ4v) is 4.95. The summed E-state index contributed by atoms with van der Waals surface area (Å²) in [6.45, 7) is 4.57. The van der Waals surface area contributed by atoms with Crippen molar-refractivity contribution in [2.75, 3.05) is 6.54 Å². The van der Waals surface area contributed by atoms with Crippen molar-refractivity contribution in [3.63, 3.8) is 0 Å². The Hall–Kier alpha value is 0.1000. The van der Waals surface area contributed by atoms with Gasteiger partial charge >= 0.3 is 0 Å². The third kappa shape index (κ3) is 2.67. The second kappa shape index (κ2) is 5.61. The Kier molecular flexibility index (Phi) is 4.09. The quantitative estimate of drug-likeness (QED) is 0.908. The van der Waals surface area contributed by atoms with E-state index in [9.17, 15) is 0 Å². The van der Waals surface area contributed by atoms with Gasteiger partial charge in [-0.25, -0.2) is 0 Å². The minimum Gasteiger partial charge on any atom is -0.311 e. The van der Waals surface area contributed by atoms with Crippen LogP contribution in [0.4, 0.5) is 0 Å². The van der Waals surface area contributed by atoms with Gasteiger partial charge in [0.1, 0.15) is 0 Å². The predicted octanol–water partition coefficient (Wildman–Crippen LogP) is 3.62. The van der Waals surface area contributed by atoms with Gasteiger partial charge in [0.05, 0.1) is 0 Å². The summed E-state index contributed by atoms with van der Waals surface area (Å²) in [6.07, 6.45) is 5.46. The second-order valence-electron chi connectivity index (χ2n) is 5.52. The van der Waals surface area contributed by atoms with Gasteiger partial charge in [0.15, 0.2) is 0 Å². The van der Waals surface area contributed by atoms with Crippen LogP contribution in [0.2, 0.25) is 0 Å². The van der Waals surface area contributed by atoms with Crippen molar-refractivity contribution in [2.24, 2.45) is 0 Å². The van der Waals surface area contributed by atoms with E-state index in [2.05, 4.69) is 44.5 Å². The van der Waals surface area contributed by atoms with Gasteiger partial charge in [-0.1, -0.05) is 6.92 Å². The molecular formula is C14H21BrN2S. The van der Waals surface area contributed by atoms with E-state index in [4.69, 9.17) is 0 Å². The number of hydrogen-bond acceptors (Lipinski definition) is 3. The molecule has 2 atom stereocenters. The summed E-state index contributed by atoms with van der Waals surface area (Å²) in [6, 6.07) is 4.52. The van der Waals surface area contributed by atoms with E-state index in [0.29, 0.717) is 0 Å². The molecule has 0 amide bonds. The molecule has 4 heteroatoms. The summed E-state index contributed by atoms with van der Waals surface area (Å²) in [5.74, 6) is 0. The van der Waals surface area contributed by atoms with E-state index < -0.39 is 0 Å². The lowest BCUT2D eigenvalue weighted by Crippen LogP contribution is -2.47. The van der Waals surface area contributed by atoms with Gasteiger partial charge in [-0.2, -0.15) is 0 Å². The molecule has 2 fully saturated rings. The summed E-state index contributed by atoms with van der Waals surface area (Å²) in [5.41, 5.74) is 0. The molecule has 2 nitrogen and oxygen atoms in total. The number of fused-ring (bicyclic) bond motifs is 2. The zero-order chi connectivity index (χ0) is 12.5. The predicted molar refractivity (Wildman–Crippen MR) is 81.1 cm³/mol. The fraction of sp³-hybridized carbons (Fsp3) is 0.714. The molecule has 1 aromatic rings. The summed E-state index contributed by atoms with van der Waals surface area (Å²) in [5, 5.41) is 5.92. The smallest absolute Gasteiger partial charge is 0.0342 e. The van der Waals surface area contributed by atoms with Crippen LogP contribution in [0.15, 0.2) is 15.9 Å². The number of nitrogens with zero attached hydrogens (tertiary/aromatic N) is 1. The van der Waals surface area contributed by atoms with Gasteiger partial charge < -0.3 is 5.32 Å². The Morgan fingerprint density at radius 1 is 1.39 bits per heavy atom. The van der Waals surface area contributed by atoms with Gasteiger partial charge in [0.2, 0.25) is 0 Å². The van der Waals surface area contributed by atoms with E-state index in [-0.39, 0.29) is 0 Å². The van der Waals surface area contributed by atoms with E-state index in [0.717, 1.165) is 31.2 Å². The first-order valence-electron chi connectivity index (χ1n) is 6.98. The summed E-state index contributed by atoms with van der Waals surface area (Å²) < 4.78 is 1.28. The van der Waals surface area contributed by atoms with Crippen molar-refractivity contribution in [2.45, 2.75) is 57.3 Å². The largest absolute Gasteiger partial charge is 0.311 e. The first-order valence-corrected chi connectivity index (χ1v) is 8.65. The third-order valence-electron chi connectivity index (χ3n) is 4.41. The first kappa shape index (κ1) is 13.1. The average molecular weight is 329 g/mol. The highest BCUT2D eigenvalue weighted by Crippen LogP contribution is 2.32. The molecule has 0 spiro atoms. The van der Waals surface area contributed by atoms with E-state index >= 15 is 0 Å². The average Bonchev–Trinajstić information content (AvgIpc) is 2.92. The summed E-state index contributed by atoms with van der Waals surface area (Å²) in [4.78, 5) is 4.14. The van der Waals surface area contributed by atoms with Gasteiger partial charge in [-0.3, -0.25) is 4.90 Å². The van der Waals surface area contributed by atoms with Gasteiger partial charge in [0.25, 0.3) is 0 Å². The van der Waals surface area contributed by atoms with E-state index in [1.807, 2.05) is 11.3 Å². The van der Waals surface area contributed by atoms with Crippen LogP contribution in [-0.2, 0) is 6.54 Å². The summed E-state index contributed by atoms with van der Waals surface area (Å²) >= 11 is 5.53. The Balaban J connectivity index is 1.67. The van der Waals surface area contributed by atoms with Crippen molar-refractivity contribution in [3.05, 3.63) is 20.8 Å². The number of rotatable bonds is 4. The Morgan fingerprint density at radius 3 is 2.67 bits per heavy atom. The second-order valence-corrected chi connectivity index (χ2v) is 7.37. The minimum absolute atomic E-state index is 0.780. The van der Waals surface area contributed by atoms with Crippen LogP contribution in [0.5, 0.6) is 0 Å². The molecule has 1 N–H and O–H groups in total. The lowest BCUT2D eigenvalue weighted by Gasteiger charge is -2.37. The van der Waals surface area contributed by atoms with Crippen LogP contribution in [0, 0.1) is 0 Å². The third-order valence-corrected chi connectivity index (χ3v) is 6.32. The van der Waals surface area contributed by atoms with Crippen LogP contribution in [0.1, 0.15) is 37.5 Å². The van der Waals surface area contributed by atoms with Crippen molar-refractivity contribution in [1.82, 2.24) is 10.2 Å². The maximum Gasteiger partial charge on any atom is 0.0342 e. The lowest BCUT2D eigenvalue weighted by atomic mass is 9.98. The van der Waals surface area contributed by atoms with Crippen molar-refractivity contribution >= 4 is 27.3 Å². The van der Waals surface area contributed by atoms with Crippen molar-refractivity contribution in [3.8, 4) is 0 Å². The Bertz CT molecular complexity index is 394. The molecule has 0 aliphatic carbocycles. The van der Waals surface area contributed by atoms with Crippen LogP contribution in [0.25, 0.3) is 0 Å². The molecule has 2 saturated heterocycles. The standard InChI is InChI=1S/C14H21BrN2S/c1-2-17(9-14-13(15)5-6-18-14)12-7-10-3-4-11(8-12)16-10/h5-6,10-12,16H,2-4,7-9H2,1H3. The highest BCUT2D eigenvalue weighted by atomic mass is 79.9. The lowest BCUT2D eigenvalue weighted by molar-refractivity contribution is 0.141. The molecule has 2 unspecified atom stereocenters. The molecule has 0 radical (unpaired) electrons. The van der Waals surface area contributed by atoms with Gasteiger partial charge in [-0.05, 0) is 59.6 Å². The molecule has 100 valence electrons. The number of thiophene rings is 1. The van der Waals surface area contributed by atoms with Crippen LogP contribution in [0.3, 0.4) is 0 Å². The maximum absolute atomic E-state index is 3.74. The van der Waals surface area contributed by atoms with Gasteiger partial charge in [0, 0.05) is 34.0 Å². The van der Waals surface area contributed by atoms with Crippen LogP contribution < -0.4 is 5.32 Å². The molecule has 3 rings (SSSR count). The zero-order valence-electron chi connectivity index (χ0n) is 10.9. The molecule has 0 saturated carbocycles. The van der Waals surface area contributed by atoms with Crippen LogP contribution >= 0.6 is 27.3 Å². The monoisotopic (exact) mass is 328 g/mol. The minimum atomic E-state index is 0.780. The molecule has 18 heavy (non-hydrogen) atoms. The summed E-state index contributed by atoms with van der Waals surface area (Å²) in [7, 11) is 0. The number of halogens is 1. The van der Waals surface area contributed by atoms with Crippen LogP contribution in [-0.4, -0.2) is 29.6 Å². The molecule has 1 aromatic heterocycles. The highest BCUT2D eigenvalue weighted by Gasteiger charge is 2.35. The number of piperidine rings is 1. The topological polar surface area (TPSA) is 15.3 Å². The molecule has 3 heterocycles. The molecule has 0 aromatic carbocycles. The molecule has 2 aliphatic heterocycles. The molecular weight excluding hydrogens is 308 g/mol. The Morgan fingerprint density at radius 2 is 2.11 bits per heavy atom. The highest BCUT2D eigenvalue weighted by molar-refractivity contribution is 9.10. The first-order chi connectivity index (χ1) is 8.76. The normalized spacial score (nSPS) is 31.2. The van der Waals surface area contributed by atoms with Crippen molar-refractivity contribution < 1.29 is 0 Å².